The molecule has 0 saturated carbocycles. The number of nitrogens with zero attached hydrogens (tertiary/aromatic N) is 3. The summed E-state index contributed by atoms with van der Waals surface area (Å²) < 4.78 is 0. The minimum absolute atomic E-state index is 0.342. The Morgan fingerprint density at radius 3 is 3.00 bits per heavy atom. The van der Waals surface area contributed by atoms with Gasteiger partial charge in [-0.1, -0.05) is 29.8 Å². The van der Waals surface area contributed by atoms with E-state index >= 15 is 0 Å². The summed E-state index contributed by atoms with van der Waals surface area (Å²) >= 11 is 6.31. The van der Waals surface area contributed by atoms with E-state index in [2.05, 4.69) is 45.3 Å². The van der Waals surface area contributed by atoms with E-state index in [0.29, 0.717) is 17.0 Å². The number of anilines is 3. The number of nitrogens with one attached hydrogen (secondary N) is 1. The first-order valence-corrected chi connectivity index (χ1v) is 7.22. The molecule has 0 radical (unpaired) electrons. The van der Waals surface area contributed by atoms with Crippen molar-refractivity contribution in [3.8, 4) is 0 Å². The van der Waals surface area contributed by atoms with Gasteiger partial charge in [-0.3, -0.25) is 0 Å². The van der Waals surface area contributed by atoms with E-state index in [1.165, 1.54) is 11.3 Å². The summed E-state index contributed by atoms with van der Waals surface area (Å²) in [5.41, 5.74) is 2.52. The van der Waals surface area contributed by atoms with Crippen molar-refractivity contribution in [1.82, 2.24) is 9.97 Å². The molecule has 0 fully saturated rings. The highest BCUT2D eigenvalue weighted by Gasteiger charge is 2.29. The number of rotatable bonds is 3. The Balaban J connectivity index is 2.06. The van der Waals surface area contributed by atoms with Crippen LogP contribution in [-0.4, -0.2) is 22.6 Å². The highest BCUT2D eigenvalue weighted by molar-refractivity contribution is 6.33. The topological polar surface area (TPSA) is 41.1 Å². The number of halogens is 1. The van der Waals surface area contributed by atoms with Crippen LogP contribution in [0.4, 0.5) is 17.5 Å². The van der Waals surface area contributed by atoms with Crippen molar-refractivity contribution in [2.24, 2.45) is 0 Å². The molecule has 1 unspecified atom stereocenters. The maximum Gasteiger partial charge on any atom is 0.224 e. The third-order valence-electron chi connectivity index (χ3n) is 3.50. The third-order valence-corrected chi connectivity index (χ3v) is 3.76. The summed E-state index contributed by atoms with van der Waals surface area (Å²) in [5.74, 6) is 1.39. The molecule has 0 aliphatic carbocycles. The van der Waals surface area contributed by atoms with Gasteiger partial charge in [0.2, 0.25) is 5.95 Å². The summed E-state index contributed by atoms with van der Waals surface area (Å²) in [6.07, 6.45) is 2.67. The van der Waals surface area contributed by atoms with Gasteiger partial charge in [0.1, 0.15) is 5.02 Å². The molecule has 4 nitrogen and oxygen atoms in total. The molecule has 1 aromatic heterocycles. The first kappa shape index (κ1) is 13.2. The van der Waals surface area contributed by atoms with Gasteiger partial charge >= 0.3 is 0 Å². The fourth-order valence-corrected chi connectivity index (χ4v) is 2.84. The van der Waals surface area contributed by atoms with Gasteiger partial charge in [0, 0.05) is 18.3 Å². The number of hydrogen-bond acceptors (Lipinski definition) is 4. The maximum absolute atomic E-state index is 6.31. The number of aromatic nitrogens is 2. The molecule has 1 aromatic carbocycles. The minimum Gasteiger partial charge on any atom is -0.354 e. The lowest BCUT2D eigenvalue weighted by molar-refractivity contribution is 0.749. The Morgan fingerprint density at radius 1 is 1.40 bits per heavy atom. The van der Waals surface area contributed by atoms with Crippen LogP contribution in [0.15, 0.2) is 30.5 Å². The highest BCUT2D eigenvalue weighted by Crippen LogP contribution is 2.40. The van der Waals surface area contributed by atoms with Gasteiger partial charge in [0.15, 0.2) is 5.82 Å². The molecule has 2 heterocycles. The van der Waals surface area contributed by atoms with Crippen LogP contribution in [0.3, 0.4) is 0 Å². The highest BCUT2D eigenvalue weighted by atomic mass is 35.5. The molecule has 0 amide bonds. The van der Waals surface area contributed by atoms with Crippen molar-refractivity contribution >= 4 is 29.1 Å². The monoisotopic (exact) mass is 288 g/mol. The van der Waals surface area contributed by atoms with E-state index in [4.69, 9.17) is 11.6 Å². The number of fused-ring (bicyclic) bond motifs is 1. The predicted molar refractivity (Wildman–Crippen MR) is 83.0 cm³/mol. The van der Waals surface area contributed by atoms with Gasteiger partial charge in [-0.05, 0) is 31.9 Å². The minimum atomic E-state index is 0.342. The van der Waals surface area contributed by atoms with E-state index < -0.39 is 0 Å². The summed E-state index contributed by atoms with van der Waals surface area (Å²) in [4.78, 5) is 11.0. The van der Waals surface area contributed by atoms with E-state index in [-0.39, 0.29) is 0 Å². The molecule has 104 valence electrons. The van der Waals surface area contributed by atoms with Gasteiger partial charge < -0.3 is 10.2 Å². The molecular weight excluding hydrogens is 272 g/mol. The second kappa shape index (κ2) is 5.29. The van der Waals surface area contributed by atoms with Crippen molar-refractivity contribution in [1.29, 1.82) is 0 Å². The zero-order chi connectivity index (χ0) is 14.1. The van der Waals surface area contributed by atoms with Gasteiger partial charge in [0.25, 0.3) is 0 Å². The number of para-hydroxylation sites is 1. The molecular formula is C15H17ClN4. The average molecular weight is 289 g/mol. The lowest BCUT2D eigenvalue weighted by atomic mass is 10.1. The van der Waals surface area contributed by atoms with E-state index in [9.17, 15) is 0 Å². The molecule has 20 heavy (non-hydrogen) atoms. The third kappa shape index (κ3) is 2.20. The van der Waals surface area contributed by atoms with E-state index in [1.54, 1.807) is 6.20 Å². The first-order chi connectivity index (χ1) is 9.70. The molecule has 0 spiro atoms. The second-order valence-corrected chi connectivity index (χ2v) is 5.35. The van der Waals surface area contributed by atoms with Crippen LogP contribution in [0.25, 0.3) is 0 Å². The summed E-state index contributed by atoms with van der Waals surface area (Å²) in [6.45, 7) is 4.99. The zero-order valence-corrected chi connectivity index (χ0v) is 12.4. The Morgan fingerprint density at radius 2 is 2.20 bits per heavy atom. The van der Waals surface area contributed by atoms with Crippen LogP contribution >= 0.6 is 11.6 Å². The Labute approximate surface area is 123 Å². The Hall–Kier alpha value is -1.81. The maximum atomic E-state index is 6.31. The van der Waals surface area contributed by atoms with Crippen molar-refractivity contribution in [3.05, 3.63) is 41.0 Å². The van der Waals surface area contributed by atoms with Crippen LogP contribution in [-0.2, 0) is 6.42 Å². The molecule has 1 atom stereocenters. The van der Waals surface area contributed by atoms with Crippen LogP contribution in [0.1, 0.15) is 19.4 Å². The fourth-order valence-electron chi connectivity index (χ4n) is 2.66. The van der Waals surface area contributed by atoms with Crippen LogP contribution in [0.5, 0.6) is 0 Å². The van der Waals surface area contributed by atoms with Crippen LogP contribution in [0.2, 0.25) is 5.02 Å². The first-order valence-electron chi connectivity index (χ1n) is 6.84. The Kier molecular flexibility index (Phi) is 3.49. The van der Waals surface area contributed by atoms with E-state index in [1.807, 2.05) is 13.0 Å². The summed E-state index contributed by atoms with van der Waals surface area (Å²) in [7, 11) is 0. The largest absolute Gasteiger partial charge is 0.354 e. The van der Waals surface area contributed by atoms with Gasteiger partial charge in [-0.15, -0.1) is 0 Å². The molecule has 2 aromatic rings. The summed E-state index contributed by atoms with van der Waals surface area (Å²) in [6, 6.07) is 8.73. The zero-order valence-electron chi connectivity index (χ0n) is 11.6. The van der Waals surface area contributed by atoms with Gasteiger partial charge in [-0.2, -0.15) is 4.98 Å². The molecule has 3 rings (SSSR count). The number of hydrogen-bond donors (Lipinski definition) is 1. The lowest BCUT2D eigenvalue weighted by Crippen LogP contribution is -2.25. The standard InChI is InChI=1S/C15H17ClN4/c1-3-17-15-18-9-12(16)14(19-15)20-10(2)8-11-6-4-5-7-13(11)20/h4-7,9-10H,3,8H2,1-2H3,(H,17,18,19). The van der Waals surface area contributed by atoms with E-state index in [0.717, 1.165) is 18.8 Å². The van der Waals surface area contributed by atoms with Crippen LogP contribution < -0.4 is 10.2 Å². The normalized spacial score (nSPS) is 17.1. The lowest BCUT2D eigenvalue weighted by Gasteiger charge is -2.25. The fraction of sp³-hybridized carbons (Fsp3) is 0.333. The van der Waals surface area contributed by atoms with Crippen molar-refractivity contribution in [3.63, 3.8) is 0 Å². The van der Waals surface area contributed by atoms with Crippen molar-refractivity contribution in [2.45, 2.75) is 26.3 Å². The molecule has 0 bridgehead atoms. The summed E-state index contributed by atoms with van der Waals surface area (Å²) in [5, 5.41) is 3.71. The second-order valence-electron chi connectivity index (χ2n) is 4.95. The van der Waals surface area contributed by atoms with Crippen molar-refractivity contribution in [2.75, 3.05) is 16.8 Å². The molecule has 1 N–H and O–H groups in total. The quantitative estimate of drug-likeness (QED) is 0.936. The molecule has 1 aliphatic heterocycles. The molecule has 0 saturated heterocycles. The average Bonchev–Trinajstić information content (AvgIpc) is 2.77. The SMILES string of the molecule is CCNc1ncc(Cl)c(N2c3ccccc3CC2C)n1. The molecule has 1 aliphatic rings. The smallest absolute Gasteiger partial charge is 0.224 e. The Bertz CT molecular complexity index is 629. The van der Waals surface area contributed by atoms with Crippen LogP contribution in [0, 0.1) is 0 Å². The predicted octanol–water partition coefficient (Wildman–Crippen LogP) is 3.64. The molecule has 5 heteroatoms. The van der Waals surface area contributed by atoms with Crippen molar-refractivity contribution < 1.29 is 0 Å². The van der Waals surface area contributed by atoms with Gasteiger partial charge in [-0.25, -0.2) is 4.98 Å². The number of benzene rings is 1. The van der Waals surface area contributed by atoms with Gasteiger partial charge in [0.05, 0.1) is 6.20 Å².